The topological polar surface area (TPSA) is 107 Å². The number of benzene rings is 1. The summed E-state index contributed by atoms with van der Waals surface area (Å²) in [7, 11) is 1.72. The number of likely N-dealkylation sites (tertiary alicyclic amines) is 1. The van der Waals surface area contributed by atoms with Crippen molar-refractivity contribution in [3.8, 4) is 0 Å². The van der Waals surface area contributed by atoms with Crippen LogP contribution in [-0.4, -0.2) is 52.5 Å². The Morgan fingerprint density at radius 2 is 2.04 bits per heavy atom. The summed E-state index contributed by atoms with van der Waals surface area (Å²) in [4.78, 5) is 38.9. The summed E-state index contributed by atoms with van der Waals surface area (Å²) < 4.78 is 0.292. The molecule has 2 heterocycles. The lowest BCUT2D eigenvalue weighted by atomic mass is 10.1. The molecule has 3 amide bonds. The first-order valence-corrected chi connectivity index (χ1v) is 9.91. The van der Waals surface area contributed by atoms with Crippen LogP contribution >= 0.6 is 27.5 Å². The van der Waals surface area contributed by atoms with E-state index >= 15 is 0 Å². The first-order valence-electron chi connectivity index (χ1n) is 8.74. The maximum absolute atomic E-state index is 12.6. The van der Waals surface area contributed by atoms with Gasteiger partial charge in [-0.1, -0.05) is 23.7 Å². The number of aromatic nitrogens is 2. The van der Waals surface area contributed by atoms with Crippen LogP contribution in [0.5, 0.6) is 0 Å². The molecule has 28 heavy (non-hydrogen) atoms. The maximum Gasteiger partial charge on any atom is 0.273 e. The van der Waals surface area contributed by atoms with E-state index in [2.05, 4.69) is 36.8 Å². The fraction of sp³-hybridized carbons (Fsp3) is 0.333. The van der Waals surface area contributed by atoms with Crippen LogP contribution in [0, 0.1) is 0 Å². The van der Waals surface area contributed by atoms with Gasteiger partial charge in [0.1, 0.15) is 11.9 Å². The highest BCUT2D eigenvalue weighted by Gasteiger charge is 2.28. The number of halogens is 2. The number of likely N-dealkylation sites (N-methyl/N-ethyl adjacent to an activating group) is 1. The summed E-state index contributed by atoms with van der Waals surface area (Å²) in [6, 6.07) is 6.02. The molecule has 1 aromatic carbocycles. The first kappa shape index (κ1) is 20.3. The first-order chi connectivity index (χ1) is 13.4. The van der Waals surface area contributed by atoms with E-state index in [9.17, 15) is 14.4 Å². The number of aromatic amines is 1. The van der Waals surface area contributed by atoms with Crippen molar-refractivity contribution in [2.45, 2.75) is 25.3 Å². The quantitative estimate of drug-likeness (QED) is 0.641. The number of nitrogens with zero attached hydrogens (tertiary/aromatic N) is 2. The second-order valence-corrected chi connectivity index (χ2v) is 7.68. The van der Waals surface area contributed by atoms with Crippen molar-refractivity contribution in [3.05, 3.63) is 45.0 Å². The minimum absolute atomic E-state index is 0.0501. The molecular weight excluding hydrogens is 450 g/mol. The van der Waals surface area contributed by atoms with Gasteiger partial charge in [-0.15, -0.1) is 0 Å². The highest BCUT2D eigenvalue weighted by Crippen LogP contribution is 2.25. The SMILES string of the molecule is CN1CCCC[C@H](NC(=O)c2n[nH]c(NC(=O)c3ccccc3Cl)c2Br)C1=O. The Balaban J connectivity index is 1.72. The van der Waals surface area contributed by atoms with E-state index in [4.69, 9.17) is 11.6 Å². The van der Waals surface area contributed by atoms with Gasteiger partial charge in [-0.2, -0.15) is 5.10 Å². The normalized spacial score (nSPS) is 17.2. The van der Waals surface area contributed by atoms with E-state index in [1.54, 1.807) is 36.2 Å². The van der Waals surface area contributed by atoms with E-state index in [-0.39, 0.29) is 17.4 Å². The molecule has 8 nitrogen and oxygen atoms in total. The Morgan fingerprint density at radius 3 is 2.79 bits per heavy atom. The summed E-state index contributed by atoms with van der Waals surface area (Å²) in [5.74, 6) is -0.846. The third kappa shape index (κ3) is 4.36. The fourth-order valence-corrected chi connectivity index (χ4v) is 3.62. The lowest BCUT2D eigenvalue weighted by Crippen LogP contribution is -2.46. The van der Waals surface area contributed by atoms with Gasteiger partial charge in [0, 0.05) is 13.6 Å². The number of rotatable bonds is 4. The van der Waals surface area contributed by atoms with Crippen molar-refractivity contribution in [1.29, 1.82) is 0 Å². The van der Waals surface area contributed by atoms with Crippen molar-refractivity contribution in [2.75, 3.05) is 18.9 Å². The van der Waals surface area contributed by atoms with E-state index in [0.29, 0.717) is 28.0 Å². The van der Waals surface area contributed by atoms with Gasteiger partial charge in [0.2, 0.25) is 5.91 Å². The minimum Gasteiger partial charge on any atom is -0.344 e. The Hall–Kier alpha value is -2.39. The van der Waals surface area contributed by atoms with Crippen LogP contribution in [0.2, 0.25) is 5.02 Å². The molecule has 2 aromatic rings. The predicted molar refractivity (Wildman–Crippen MR) is 108 cm³/mol. The van der Waals surface area contributed by atoms with E-state index in [1.807, 2.05) is 0 Å². The molecule has 0 saturated carbocycles. The van der Waals surface area contributed by atoms with Gasteiger partial charge in [-0.05, 0) is 47.3 Å². The number of hydrogen-bond acceptors (Lipinski definition) is 4. The van der Waals surface area contributed by atoms with Crippen molar-refractivity contribution in [1.82, 2.24) is 20.4 Å². The summed E-state index contributed by atoms with van der Waals surface area (Å²) in [5.41, 5.74) is 0.345. The maximum atomic E-state index is 12.6. The van der Waals surface area contributed by atoms with Crippen molar-refractivity contribution >= 4 is 51.1 Å². The van der Waals surface area contributed by atoms with Gasteiger partial charge in [0.25, 0.3) is 11.8 Å². The van der Waals surface area contributed by atoms with Gasteiger partial charge >= 0.3 is 0 Å². The molecule has 1 aromatic heterocycles. The molecule has 148 valence electrons. The summed E-state index contributed by atoms with van der Waals surface area (Å²) in [5, 5.41) is 12.2. The fourth-order valence-electron chi connectivity index (χ4n) is 2.95. The van der Waals surface area contributed by atoms with Crippen molar-refractivity contribution in [3.63, 3.8) is 0 Å². The minimum atomic E-state index is -0.593. The molecule has 1 fully saturated rings. The molecule has 1 saturated heterocycles. The van der Waals surface area contributed by atoms with Crippen LogP contribution < -0.4 is 10.6 Å². The molecule has 0 aliphatic carbocycles. The van der Waals surface area contributed by atoms with Gasteiger partial charge < -0.3 is 15.5 Å². The number of hydrogen-bond donors (Lipinski definition) is 3. The Morgan fingerprint density at radius 1 is 1.29 bits per heavy atom. The Labute approximate surface area is 175 Å². The van der Waals surface area contributed by atoms with Crippen molar-refractivity contribution < 1.29 is 14.4 Å². The van der Waals surface area contributed by atoms with Gasteiger partial charge in [-0.3, -0.25) is 19.5 Å². The lowest BCUT2D eigenvalue weighted by molar-refractivity contribution is -0.131. The molecule has 1 atom stereocenters. The second-order valence-electron chi connectivity index (χ2n) is 6.48. The van der Waals surface area contributed by atoms with Gasteiger partial charge in [-0.25, -0.2) is 0 Å². The summed E-state index contributed by atoms with van der Waals surface area (Å²) in [6.07, 6.45) is 2.33. The third-order valence-electron chi connectivity index (χ3n) is 4.49. The average molecular weight is 469 g/mol. The summed E-state index contributed by atoms with van der Waals surface area (Å²) in [6.45, 7) is 0.676. The largest absolute Gasteiger partial charge is 0.344 e. The Kier molecular flexibility index (Phi) is 6.35. The zero-order chi connectivity index (χ0) is 20.3. The number of carbonyl (C=O) groups is 3. The van der Waals surface area contributed by atoms with Crippen LogP contribution in [0.4, 0.5) is 5.82 Å². The van der Waals surface area contributed by atoms with Crippen LogP contribution in [-0.2, 0) is 4.79 Å². The monoisotopic (exact) mass is 467 g/mol. The highest BCUT2D eigenvalue weighted by atomic mass is 79.9. The van der Waals surface area contributed by atoms with Crippen molar-refractivity contribution in [2.24, 2.45) is 0 Å². The zero-order valence-corrected chi connectivity index (χ0v) is 17.4. The number of amides is 3. The van der Waals surface area contributed by atoms with Crippen LogP contribution in [0.25, 0.3) is 0 Å². The number of nitrogens with one attached hydrogen (secondary N) is 3. The van der Waals surface area contributed by atoms with Crippen LogP contribution in [0.15, 0.2) is 28.7 Å². The second kappa shape index (κ2) is 8.74. The van der Waals surface area contributed by atoms with E-state index in [1.165, 1.54) is 0 Å². The van der Waals surface area contributed by atoms with E-state index in [0.717, 1.165) is 12.8 Å². The summed E-state index contributed by atoms with van der Waals surface area (Å²) >= 11 is 9.31. The van der Waals surface area contributed by atoms with Crippen LogP contribution in [0.1, 0.15) is 40.1 Å². The van der Waals surface area contributed by atoms with Gasteiger partial charge in [0.05, 0.1) is 15.1 Å². The van der Waals surface area contributed by atoms with Crippen LogP contribution in [0.3, 0.4) is 0 Å². The standard InChI is InChI=1S/C18H19BrClN5O3/c1-25-9-5-4-8-12(18(25)28)21-17(27)14-13(19)15(24-23-14)22-16(26)10-6-2-3-7-11(10)20/h2-3,6-7,12H,4-5,8-9H2,1H3,(H,21,27)(H2,22,23,24,26)/t12-/m0/s1. The molecule has 0 spiro atoms. The van der Waals surface area contributed by atoms with E-state index < -0.39 is 17.9 Å². The molecular formula is C18H19BrClN5O3. The molecule has 3 N–H and O–H groups in total. The zero-order valence-electron chi connectivity index (χ0n) is 15.1. The molecule has 3 rings (SSSR count). The lowest BCUT2D eigenvalue weighted by Gasteiger charge is -2.20. The predicted octanol–water partition coefficient (Wildman–Crippen LogP) is 2.82. The smallest absolute Gasteiger partial charge is 0.273 e. The number of anilines is 1. The number of H-pyrrole nitrogens is 1. The molecule has 0 unspecified atom stereocenters. The average Bonchev–Trinajstić information content (AvgIpc) is 2.95. The Bertz CT molecular complexity index is 916. The highest BCUT2D eigenvalue weighted by molar-refractivity contribution is 9.10. The molecule has 0 bridgehead atoms. The molecule has 10 heteroatoms. The number of carbonyl (C=O) groups excluding carboxylic acids is 3. The van der Waals surface area contributed by atoms with Gasteiger partial charge in [0.15, 0.2) is 5.69 Å². The molecule has 1 aliphatic rings. The molecule has 1 aliphatic heterocycles. The molecule has 0 radical (unpaired) electrons. The third-order valence-corrected chi connectivity index (χ3v) is 5.60.